The zero-order valence-corrected chi connectivity index (χ0v) is 10.9. The third kappa shape index (κ3) is 2.11. The van der Waals surface area contributed by atoms with Gasteiger partial charge in [-0.25, -0.2) is 4.79 Å². The highest BCUT2D eigenvalue weighted by Gasteiger charge is 2.27. The second-order valence-electron chi connectivity index (χ2n) is 3.90. The van der Waals surface area contributed by atoms with E-state index in [0.29, 0.717) is 10.6 Å². The van der Waals surface area contributed by atoms with Gasteiger partial charge in [0.1, 0.15) is 0 Å². The average Bonchev–Trinajstić information content (AvgIpc) is 2.39. The molecular weight excluding hydrogens is 268 g/mol. The van der Waals surface area contributed by atoms with E-state index in [9.17, 15) is 4.79 Å². The van der Waals surface area contributed by atoms with Crippen LogP contribution in [-0.4, -0.2) is 5.97 Å². The summed E-state index contributed by atoms with van der Waals surface area (Å²) < 4.78 is 5.42. The number of carbonyl (C=O) groups is 1. The lowest BCUT2D eigenvalue weighted by Crippen LogP contribution is -2.15. The zero-order chi connectivity index (χ0) is 12.5. The zero-order valence-electron chi connectivity index (χ0n) is 9.30. The van der Waals surface area contributed by atoms with Crippen LogP contribution < -0.4 is 0 Å². The Morgan fingerprint density at radius 2 is 1.78 bits per heavy atom. The first-order valence-electron chi connectivity index (χ1n) is 5.46. The van der Waals surface area contributed by atoms with E-state index in [1.54, 1.807) is 18.2 Å². The predicted molar refractivity (Wildman–Crippen MR) is 71.9 cm³/mol. The summed E-state index contributed by atoms with van der Waals surface area (Å²) in [7, 11) is 0. The van der Waals surface area contributed by atoms with Crippen molar-refractivity contribution in [2.45, 2.75) is 10.3 Å². The van der Waals surface area contributed by atoms with E-state index < -0.39 is 0 Å². The van der Waals surface area contributed by atoms with Crippen LogP contribution in [0.15, 0.2) is 53.4 Å². The molecule has 2 nitrogen and oxygen atoms in total. The number of carbonyl (C=O) groups excluding carboxylic acids is 1. The molecule has 0 aromatic heterocycles. The van der Waals surface area contributed by atoms with Crippen LogP contribution >= 0.6 is 23.4 Å². The second-order valence-corrected chi connectivity index (χ2v) is 5.44. The monoisotopic (exact) mass is 276 g/mol. The molecule has 0 N–H and O–H groups in total. The van der Waals surface area contributed by atoms with Crippen LogP contribution in [0.5, 0.6) is 0 Å². The van der Waals surface area contributed by atoms with Gasteiger partial charge in [0.15, 0.2) is 5.44 Å². The minimum Gasteiger partial charge on any atom is -0.442 e. The van der Waals surface area contributed by atoms with Crippen molar-refractivity contribution in [3.8, 4) is 0 Å². The molecule has 18 heavy (non-hydrogen) atoms. The molecule has 2 aromatic rings. The number of rotatable bonds is 1. The van der Waals surface area contributed by atoms with Crippen molar-refractivity contribution in [1.82, 2.24) is 0 Å². The maximum absolute atomic E-state index is 11.9. The molecule has 1 aliphatic heterocycles. The summed E-state index contributed by atoms with van der Waals surface area (Å²) in [6.45, 7) is 0. The quantitative estimate of drug-likeness (QED) is 0.727. The maximum Gasteiger partial charge on any atom is 0.340 e. The highest BCUT2D eigenvalue weighted by Crippen LogP contribution is 2.42. The number of cyclic esters (lactones) is 1. The Labute approximate surface area is 114 Å². The molecule has 0 fully saturated rings. The van der Waals surface area contributed by atoms with Crippen LogP contribution in [0.4, 0.5) is 0 Å². The molecule has 0 aliphatic carbocycles. The number of hydrogen-bond donors (Lipinski definition) is 0. The number of benzene rings is 2. The predicted octanol–water partition coefficient (Wildman–Crippen LogP) is 4.30. The first-order chi connectivity index (χ1) is 8.74. The topological polar surface area (TPSA) is 26.3 Å². The van der Waals surface area contributed by atoms with Crippen LogP contribution in [0.3, 0.4) is 0 Å². The van der Waals surface area contributed by atoms with Crippen molar-refractivity contribution in [1.29, 1.82) is 0 Å². The van der Waals surface area contributed by atoms with E-state index in [1.807, 2.05) is 30.3 Å². The lowest BCUT2D eigenvalue weighted by Gasteiger charge is -2.24. The van der Waals surface area contributed by atoms with Gasteiger partial charge in [-0.3, -0.25) is 0 Å². The summed E-state index contributed by atoms with van der Waals surface area (Å²) in [6.07, 6.45) is 0. The van der Waals surface area contributed by atoms with Crippen molar-refractivity contribution in [3.05, 3.63) is 64.7 Å². The summed E-state index contributed by atoms with van der Waals surface area (Å²) in [6, 6.07) is 14.8. The molecule has 4 heteroatoms. The molecule has 1 aliphatic rings. The molecule has 90 valence electrons. The molecule has 0 spiro atoms. The maximum atomic E-state index is 11.9. The van der Waals surface area contributed by atoms with Crippen LogP contribution in [-0.2, 0) is 4.74 Å². The largest absolute Gasteiger partial charge is 0.442 e. The fraction of sp³-hybridized carbons (Fsp3) is 0.0714. The Morgan fingerprint density at radius 1 is 1.06 bits per heavy atom. The molecule has 0 saturated heterocycles. The lowest BCUT2D eigenvalue weighted by atomic mass is 10.2. The van der Waals surface area contributed by atoms with Gasteiger partial charge in [0, 0.05) is 15.5 Å². The number of halogens is 1. The third-order valence-electron chi connectivity index (χ3n) is 2.70. The van der Waals surface area contributed by atoms with Crippen LogP contribution in [0, 0.1) is 0 Å². The number of hydrogen-bond acceptors (Lipinski definition) is 3. The summed E-state index contributed by atoms with van der Waals surface area (Å²) in [5.41, 5.74) is 1.27. The molecule has 0 bridgehead atoms. The normalized spacial score (nSPS) is 18.1. The number of ether oxygens (including phenoxy) is 1. The van der Waals surface area contributed by atoms with Crippen molar-refractivity contribution in [2.75, 3.05) is 0 Å². The van der Waals surface area contributed by atoms with E-state index >= 15 is 0 Å². The van der Waals surface area contributed by atoms with Crippen molar-refractivity contribution in [2.24, 2.45) is 0 Å². The minimum atomic E-state index is -0.301. The third-order valence-corrected chi connectivity index (χ3v) is 4.14. The van der Waals surface area contributed by atoms with Crippen molar-refractivity contribution >= 4 is 29.3 Å². The number of thioether (sulfide) groups is 1. The van der Waals surface area contributed by atoms with Gasteiger partial charge in [-0.05, 0) is 24.3 Å². The molecule has 3 rings (SSSR count). The molecule has 1 atom stereocenters. The lowest BCUT2D eigenvalue weighted by molar-refractivity contribution is 0.0440. The van der Waals surface area contributed by atoms with Crippen molar-refractivity contribution in [3.63, 3.8) is 0 Å². The van der Waals surface area contributed by atoms with E-state index in [2.05, 4.69) is 0 Å². The van der Waals surface area contributed by atoms with Gasteiger partial charge in [0.2, 0.25) is 0 Å². The summed E-state index contributed by atoms with van der Waals surface area (Å²) in [5.74, 6) is -0.274. The van der Waals surface area contributed by atoms with Gasteiger partial charge < -0.3 is 4.74 Å². The van der Waals surface area contributed by atoms with Gasteiger partial charge in [-0.15, -0.1) is 0 Å². The fourth-order valence-electron chi connectivity index (χ4n) is 1.79. The van der Waals surface area contributed by atoms with Gasteiger partial charge in [0.25, 0.3) is 0 Å². The highest BCUT2D eigenvalue weighted by atomic mass is 35.5. The summed E-state index contributed by atoms with van der Waals surface area (Å²) >= 11 is 7.38. The van der Waals surface area contributed by atoms with E-state index in [-0.39, 0.29) is 11.4 Å². The van der Waals surface area contributed by atoms with E-state index in [4.69, 9.17) is 16.3 Å². The van der Waals surface area contributed by atoms with Gasteiger partial charge in [-0.2, -0.15) is 0 Å². The Bertz CT molecular complexity index is 595. The fourth-order valence-corrected chi connectivity index (χ4v) is 3.01. The molecule has 0 amide bonds. The van der Waals surface area contributed by atoms with Crippen LogP contribution in [0.1, 0.15) is 21.4 Å². The van der Waals surface area contributed by atoms with E-state index in [0.717, 1.165) is 10.5 Å². The molecule has 0 saturated carbocycles. The Hall–Kier alpha value is -1.45. The van der Waals surface area contributed by atoms with E-state index in [1.165, 1.54) is 11.8 Å². The number of esters is 1. The summed E-state index contributed by atoms with van der Waals surface area (Å²) in [5, 5.41) is 0.672. The molecular formula is C14H9ClO2S. The number of fused-ring (bicyclic) bond motifs is 1. The Morgan fingerprint density at radius 3 is 2.56 bits per heavy atom. The Balaban J connectivity index is 1.94. The van der Waals surface area contributed by atoms with Gasteiger partial charge in [0.05, 0.1) is 5.56 Å². The van der Waals surface area contributed by atoms with Crippen LogP contribution in [0.2, 0.25) is 5.02 Å². The molecule has 2 aromatic carbocycles. The molecule has 1 unspecified atom stereocenters. The highest BCUT2D eigenvalue weighted by molar-refractivity contribution is 7.99. The first kappa shape index (κ1) is 11.6. The molecule has 0 radical (unpaired) electrons. The smallest absolute Gasteiger partial charge is 0.340 e. The summed E-state index contributed by atoms with van der Waals surface area (Å²) in [4.78, 5) is 12.8. The van der Waals surface area contributed by atoms with Gasteiger partial charge in [-0.1, -0.05) is 47.6 Å². The van der Waals surface area contributed by atoms with Crippen LogP contribution in [0.25, 0.3) is 0 Å². The minimum absolute atomic E-state index is 0.274. The van der Waals surface area contributed by atoms with Gasteiger partial charge >= 0.3 is 5.97 Å². The average molecular weight is 277 g/mol. The molecule has 1 heterocycles. The van der Waals surface area contributed by atoms with Crippen molar-refractivity contribution < 1.29 is 9.53 Å². The SMILES string of the molecule is O=C1OC(c2ccc(Cl)cc2)Sc2ccccc21. The standard InChI is InChI=1S/C14H9ClO2S/c15-10-7-5-9(6-8-10)14-17-13(16)11-3-1-2-4-12(11)18-14/h1-8,14H. The first-order valence-corrected chi connectivity index (χ1v) is 6.72. The Kier molecular flexibility index (Phi) is 3.02. The second kappa shape index (κ2) is 4.67.